The summed E-state index contributed by atoms with van der Waals surface area (Å²) < 4.78 is 11.9. The molecule has 0 bridgehead atoms. The number of hydrogen-bond donors (Lipinski definition) is 0. The number of rotatable bonds is 3. The normalized spacial score (nSPS) is 7.85. The Bertz CT molecular complexity index is 143. The standard InChI is InChI=1S/C8H11F.2C2H6/c1-4-7(2)5-6-8(3)9;2*1-2/h5-6H,2-4H2,1H3;2*1-2H3/b6-5-;;. The lowest BCUT2D eigenvalue weighted by Crippen LogP contribution is -1.68. The van der Waals surface area contributed by atoms with Crippen LogP contribution in [0.2, 0.25) is 0 Å². The molecule has 0 aromatic heterocycles. The quantitative estimate of drug-likeness (QED) is 0.541. The zero-order chi connectivity index (χ0) is 11.3. The third-order valence-corrected chi connectivity index (χ3v) is 0.954. The van der Waals surface area contributed by atoms with Crippen molar-refractivity contribution in [3.8, 4) is 0 Å². The van der Waals surface area contributed by atoms with Gasteiger partial charge in [0.15, 0.2) is 0 Å². The molecule has 0 nitrogen and oxygen atoms in total. The highest BCUT2D eigenvalue weighted by atomic mass is 19.1. The van der Waals surface area contributed by atoms with Gasteiger partial charge in [-0.2, -0.15) is 0 Å². The molecule has 1 heteroatoms. The summed E-state index contributed by atoms with van der Waals surface area (Å²) >= 11 is 0. The Morgan fingerprint density at radius 2 is 1.46 bits per heavy atom. The fourth-order valence-corrected chi connectivity index (χ4v) is 0.326. The van der Waals surface area contributed by atoms with Gasteiger partial charge in [0.05, 0.1) is 0 Å². The van der Waals surface area contributed by atoms with Crippen LogP contribution in [0.5, 0.6) is 0 Å². The molecule has 0 radical (unpaired) electrons. The molecule has 0 N–H and O–H groups in total. The minimum atomic E-state index is -0.426. The summed E-state index contributed by atoms with van der Waals surface area (Å²) in [4.78, 5) is 0. The Hall–Kier alpha value is -0.850. The first-order valence-electron chi connectivity index (χ1n) is 4.87. The van der Waals surface area contributed by atoms with Crippen molar-refractivity contribution in [3.63, 3.8) is 0 Å². The molecule has 0 rings (SSSR count). The van der Waals surface area contributed by atoms with Crippen LogP contribution in [0.15, 0.2) is 36.7 Å². The highest BCUT2D eigenvalue weighted by Gasteiger charge is 1.81. The van der Waals surface area contributed by atoms with Crippen LogP contribution >= 0.6 is 0 Å². The molecule has 0 aliphatic heterocycles. The Labute approximate surface area is 82.9 Å². The molecule has 0 heterocycles. The van der Waals surface area contributed by atoms with Crippen LogP contribution in [0.4, 0.5) is 4.39 Å². The van der Waals surface area contributed by atoms with Gasteiger partial charge in [0.2, 0.25) is 0 Å². The largest absolute Gasteiger partial charge is 0.208 e. The molecule has 0 aliphatic rings. The van der Waals surface area contributed by atoms with Crippen molar-refractivity contribution in [2.75, 3.05) is 0 Å². The van der Waals surface area contributed by atoms with E-state index in [0.717, 1.165) is 12.0 Å². The minimum Gasteiger partial charge on any atom is -0.208 e. The zero-order valence-corrected chi connectivity index (χ0v) is 9.65. The Morgan fingerprint density at radius 3 is 1.69 bits per heavy atom. The van der Waals surface area contributed by atoms with Crippen LogP contribution in [0.25, 0.3) is 0 Å². The van der Waals surface area contributed by atoms with E-state index in [4.69, 9.17) is 0 Å². The highest BCUT2D eigenvalue weighted by Crippen LogP contribution is 2.01. The number of hydrogen-bond acceptors (Lipinski definition) is 0. The molecule has 0 unspecified atom stereocenters. The van der Waals surface area contributed by atoms with E-state index < -0.39 is 5.83 Å². The summed E-state index contributed by atoms with van der Waals surface area (Å²) in [5.74, 6) is -0.426. The summed E-state index contributed by atoms with van der Waals surface area (Å²) in [5, 5.41) is 0. The number of halogens is 1. The summed E-state index contributed by atoms with van der Waals surface area (Å²) in [6.45, 7) is 16.7. The third kappa shape index (κ3) is 24.7. The summed E-state index contributed by atoms with van der Waals surface area (Å²) in [7, 11) is 0. The maximum Gasteiger partial charge on any atom is 0.116 e. The third-order valence-electron chi connectivity index (χ3n) is 0.954. The van der Waals surface area contributed by atoms with Gasteiger partial charge in [0, 0.05) is 0 Å². The first kappa shape index (κ1) is 18.0. The van der Waals surface area contributed by atoms with E-state index in [2.05, 4.69) is 13.2 Å². The number of allylic oxidation sites excluding steroid dienone is 4. The summed E-state index contributed by atoms with van der Waals surface area (Å²) in [6, 6.07) is 0. The van der Waals surface area contributed by atoms with E-state index in [1.165, 1.54) is 6.08 Å². The van der Waals surface area contributed by atoms with Crippen molar-refractivity contribution in [1.29, 1.82) is 0 Å². The highest BCUT2D eigenvalue weighted by molar-refractivity contribution is 5.20. The predicted octanol–water partition coefficient (Wildman–Crippen LogP) is 5.04. The van der Waals surface area contributed by atoms with Crippen molar-refractivity contribution >= 4 is 0 Å². The van der Waals surface area contributed by atoms with Crippen molar-refractivity contribution in [1.82, 2.24) is 0 Å². The minimum absolute atomic E-state index is 0.426. The Morgan fingerprint density at radius 1 is 1.08 bits per heavy atom. The van der Waals surface area contributed by atoms with Crippen LogP contribution in [0, 0.1) is 0 Å². The van der Waals surface area contributed by atoms with Gasteiger partial charge in [-0.15, -0.1) is 0 Å². The van der Waals surface area contributed by atoms with E-state index in [1.807, 2.05) is 34.6 Å². The predicted molar refractivity (Wildman–Crippen MR) is 61.5 cm³/mol. The van der Waals surface area contributed by atoms with Gasteiger partial charge in [-0.25, -0.2) is 4.39 Å². The maximum atomic E-state index is 11.9. The molecule has 78 valence electrons. The lowest BCUT2D eigenvalue weighted by molar-refractivity contribution is 0.671. The molecule has 0 fully saturated rings. The molecule has 13 heavy (non-hydrogen) atoms. The van der Waals surface area contributed by atoms with Gasteiger partial charge in [0.25, 0.3) is 0 Å². The Kier molecular flexibility index (Phi) is 24.0. The zero-order valence-electron chi connectivity index (χ0n) is 9.65. The first-order valence-corrected chi connectivity index (χ1v) is 4.87. The average molecular weight is 186 g/mol. The second kappa shape index (κ2) is 17.3. The van der Waals surface area contributed by atoms with E-state index in [1.54, 1.807) is 6.08 Å². The lowest BCUT2D eigenvalue weighted by atomic mass is 10.2. The molecule has 0 saturated carbocycles. The van der Waals surface area contributed by atoms with Gasteiger partial charge in [-0.3, -0.25) is 0 Å². The van der Waals surface area contributed by atoms with Gasteiger partial charge in [-0.05, 0) is 12.5 Å². The summed E-state index contributed by atoms with van der Waals surface area (Å²) in [5.41, 5.74) is 0.911. The molecule has 0 amide bonds. The Balaban J connectivity index is -0.000000218. The fourth-order valence-electron chi connectivity index (χ4n) is 0.326. The molecule has 0 atom stereocenters. The van der Waals surface area contributed by atoms with Crippen LogP contribution < -0.4 is 0 Å². The topological polar surface area (TPSA) is 0 Å². The van der Waals surface area contributed by atoms with Crippen molar-refractivity contribution in [2.45, 2.75) is 41.0 Å². The molecule has 0 aromatic rings. The second-order valence-corrected chi connectivity index (χ2v) is 1.79. The fraction of sp³-hybridized carbons (Fsp3) is 0.500. The van der Waals surface area contributed by atoms with Gasteiger partial charge >= 0.3 is 0 Å². The van der Waals surface area contributed by atoms with E-state index in [-0.39, 0.29) is 0 Å². The smallest absolute Gasteiger partial charge is 0.116 e. The van der Waals surface area contributed by atoms with Crippen LogP contribution in [-0.4, -0.2) is 0 Å². The van der Waals surface area contributed by atoms with Crippen molar-refractivity contribution < 1.29 is 4.39 Å². The molecule has 0 saturated heterocycles. The van der Waals surface area contributed by atoms with E-state index in [0.29, 0.717) is 0 Å². The summed E-state index contributed by atoms with van der Waals surface area (Å²) in [6.07, 6.45) is 3.79. The maximum absolute atomic E-state index is 11.9. The van der Waals surface area contributed by atoms with Crippen LogP contribution in [0.1, 0.15) is 41.0 Å². The average Bonchev–Trinajstić information content (AvgIpc) is 2.20. The monoisotopic (exact) mass is 186 g/mol. The van der Waals surface area contributed by atoms with Gasteiger partial charge in [0.1, 0.15) is 5.83 Å². The van der Waals surface area contributed by atoms with Gasteiger partial charge < -0.3 is 0 Å². The van der Waals surface area contributed by atoms with Crippen molar-refractivity contribution in [2.24, 2.45) is 0 Å². The SMILES string of the molecule is C=C(F)/C=C\C(=C)CC.CC.CC. The molecule has 0 aromatic carbocycles. The van der Waals surface area contributed by atoms with Crippen LogP contribution in [0.3, 0.4) is 0 Å². The second-order valence-electron chi connectivity index (χ2n) is 1.79. The molecule has 0 aliphatic carbocycles. The van der Waals surface area contributed by atoms with E-state index >= 15 is 0 Å². The molecular formula is C12H23F. The van der Waals surface area contributed by atoms with Crippen molar-refractivity contribution in [3.05, 3.63) is 36.7 Å². The van der Waals surface area contributed by atoms with E-state index in [9.17, 15) is 4.39 Å². The molecule has 0 spiro atoms. The van der Waals surface area contributed by atoms with Crippen LogP contribution in [-0.2, 0) is 0 Å². The lowest BCUT2D eigenvalue weighted by Gasteiger charge is -1.88. The molecular weight excluding hydrogens is 163 g/mol. The first-order chi connectivity index (χ1) is 6.16. The van der Waals surface area contributed by atoms with Gasteiger partial charge in [-0.1, -0.05) is 59.4 Å².